The Kier molecular flexibility index (Phi) is 11.3. The highest BCUT2D eigenvalue weighted by molar-refractivity contribution is 8.26. The van der Waals surface area contributed by atoms with Crippen molar-refractivity contribution in [2.75, 3.05) is 51.3 Å². The molecular weight excluding hydrogens is 694 g/mol. The van der Waals surface area contributed by atoms with Crippen molar-refractivity contribution < 1.29 is 50.9 Å². The molecule has 0 saturated carbocycles. The molecular formula is C33H28F5N3O6S2. The van der Waals surface area contributed by atoms with E-state index in [-0.39, 0.29) is 45.6 Å². The Morgan fingerprint density at radius 1 is 1.02 bits per heavy atom. The van der Waals surface area contributed by atoms with Gasteiger partial charge in [-0.25, -0.2) is 13.6 Å². The summed E-state index contributed by atoms with van der Waals surface area (Å²) in [5.41, 5.74) is -1.43. The number of ether oxygens (including phenoxy) is 2. The first-order chi connectivity index (χ1) is 23.3. The third-order valence-electron chi connectivity index (χ3n) is 7.59. The number of carboxylic acids is 1. The maximum absolute atomic E-state index is 14.8. The quantitative estimate of drug-likeness (QED) is 0.134. The lowest BCUT2D eigenvalue weighted by Crippen LogP contribution is -2.38. The lowest BCUT2D eigenvalue weighted by molar-refractivity contribution is -0.137. The molecule has 16 heteroatoms. The van der Waals surface area contributed by atoms with Gasteiger partial charge in [-0.05, 0) is 60.2 Å². The molecule has 2 N–H and O–H groups in total. The van der Waals surface area contributed by atoms with Crippen molar-refractivity contribution in [1.29, 1.82) is 0 Å². The summed E-state index contributed by atoms with van der Waals surface area (Å²) >= 11 is 6.32. The van der Waals surface area contributed by atoms with Crippen LogP contribution in [0.3, 0.4) is 0 Å². The summed E-state index contributed by atoms with van der Waals surface area (Å²) in [5.74, 6) is -4.20. The van der Waals surface area contributed by atoms with Gasteiger partial charge in [0.25, 0.3) is 5.91 Å². The van der Waals surface area contributed by atoms with E-state index >= 15 is 0 Å². The van der Waals surface area contributed by atoms with E-state index in [0.29, 0.717) is 43.2 Å². The number of halogens is 5. The molecule has 49 heavy (non-hydrogen) atoms. The van der Waals surface area contributed by atoms with Crippen LogP contribution < -0.4 is 10.1 Å². The molecule has 3 aromatic carbocycles. The molecule has 2 heterocycles. The van der Waals surface area contributed by atoms with Crippen molar-refractivity contribution in [1.82, 2.24) is 9.80 Å². The number of carbonyl (C=O) groups is 3. The second-order valence-electron chi connectivity index (χ2n) is 10.9. The predicted molar refractivity (Wildman–Crippen MR) is 176 cm³/mol. The number of hydrogen-bond donors (Lipinski definition) is 2. The Morgan fingerprint density at radius 2 is 1.78 bits per heavy atom. The number of rotatable bonds is 11. The third kappa shape index (κ3) is 9.00. The molecule has 258 valence electrons. The minimum Gasteiger partial charge on any atom is -0.492 e. The van der Waals surface area contributed by atoms with Gasteiger partial charge < -0.3 is 19.9 Å². The highest BCUT2D eigenvalue weighted by Gasteiger charge is 2.33. The maximum Gasteiger partial charge on any atom is 0.416 e. The van der Waals surface area contributed by atoms with Crippen molar-refractivity contribution in [2.45, 2.75) is 12.6 Å². The molecule has 2 amide bonds. The van der Waals surface area contributed by atoms with Crippen LogP contribution in [0.4, 0.5) is 27.6 Å². The number of hydrogen-bond acceptors (Lipinski definition) is 8. The number of nitrogens with zero attached hydrogens (tertiary/aromatic N) is 2. The first-order valence-corrected chi connectivity index (χ1v) is 16.0. The molecule has 0 atom stereocenters. The summed E-state index contributed by atoms with van der Waals surface area (Å²) in [4.78, 5) is 40.4. The second kappa shape index (κ2) is 15.4. The van der Waals surface area contributed by atoms with Crippen molar-refractivity contribution in [2.24, 2.45) is 0 Å². The maximum atomic E-state index is 14.8. The van der Waals surface area contributed by atoms with Gasteiger partial charge in [0.2, 0.25) is 5.91 Å². The molecule has 0 radical (unpaired) electrons. The summed E-state index contributed by atoms with van der Waals surface area (Å²) in [5, 5.41) is 11.4. The van der Waals surface area contributed by atoms with Gasteiger partial charge >= 0.3 is 12.1 Å². The van der Waals surface area contributed by atoms with E-state index in [1.54, 1.807) is 0 Å². The fourth-order valence-corrected chi connectivity index (χ4v) is 6.33. The molecule has 0 bridgehead atoms. The van der Waals surface area contributed by atoms with E-state index in [1.165, 1.54) is 35.2 Å². The van der Waals surface area contributed by atoms with Gasteiger partial charge in [0.15, 0.2) is 0 Å². The fourth-order valence-electron chi connectivity index (χ4n) is 5.03. The Labute approximate surface area is 286 Å². The van der Waals surface area contributed by atoms with Crippen LogP contribution in [0.2, 0.25) is 0 Å². The molecule has 2 aliphatic heterocycles. The fraction of sp³-hybridized carbons (Fsp3) is 0.273. The average Bonchev–Trinajstić information content (AvgIpc) is 3.31. The first-order valence-electron chi connectivity index (χ1n) is 14.8. The highest BCUT2D eigenvalue weighted by Crippen LogP contribution is 2.38. The molecule has 5 rings (SSSR count). The van der Waals surface area contributed by atoms with Crippen LogP contribution >= 0.6 is 24.0 Å². The number of nitrogens with one attached hydrogen (secondary N) is 1. The SMILES string of the molecule is O=C(CCN1C(=O)/C(=C/c2cc(-c3cc(C(F)(F)F)ccc3F)ccc2OCCN2CCOCC2)SC1=S)Nc1ccc(C(=O)O)c(F)c1. The molecule has 0 aromatic heterocycles. The molecule has 0 unspecified atom stereocenters. The normalized spacial score (nSPS) is 16.3. The highest BCUT2D eigenvalue weighted by atomic mass is 32.2. The van der Waals surface area contributed by atoms with E-state index in [4.69, 9.17) is 26.8 Å². The topological polar surface area (TPSA) is 108 Å². The van der Waals surface area contributed by atoms with E-state index in [9.17, 15) is 36.3 Å². The largest absolute Gasteiger partial charge is 0.492 e. The van der Waals surface area contributed by atoms with Gasteiger partial charge in [-0.3, -0.25) is 19.4 Å². The average molecular weight is 722 g/mol. The predicted octanol–water partition coefficient (Wildman–Crippen LogP) is 6.29. The zero-order valence-corrected chi connectivity index (χ0v) is 27.2. The summed E-state index contributed by atoms with van der Waals surface area (Å²) in [7, 11) is 0. The molecule has 2 aliphatic rings. The van der Waals surface area contributed by atoms with Gasteiger partial charge in [-0.1, -0.05) is 30.0 Å². The van der Waals surface area contributed by atoms with Crippen LogP contribution in [0.15, 0.2) is 59.5 Å². The molecule has 2 saturated heterocycles. The van der Waals surface area contributed by atoms with Gasteiger partial charge in [0.05, 0.1) is 29.2 Å². The van der Waals surface area contributed by atoms with Crippen LogP contribution in [0.1, 0.15) is 27.9 Å². The van der Waals surface area contributed by atoms with Crippen LogP contribution in [-0.4, -0.2) is 83.0 Å². The molecule has 0 aliphatic carbocycles. The van der Waals surface area contributed by atoms with Crippen LogP contribution in [0.5, 0.6) is 5.75 Å². The Morgan fingerprint density at radius 3 is 2.47 bits per heavy atom. The van der Waals surface area contributed by atoms with Crippen molar-refractivity contribution >= 4 is 57.8 Å². The number of morpholine rings is 1. The van der Waals surface area contributed by atoms with Crippen LogP contribution in [0.25, 0.3) is 17.2 Å². The Balaban J connectivity index is 1.35. The molecule has 2 fully saturated rings. The summed E-state index contributed by atoms with van der Waals surface area (Å²) in [6.07, 6.45) is -3.48. The number of aromatic carboxylic acids is 1. The van der Waals surface area contributed by atoms with E-state index in [1.807, 2.05) is 0 Å². The third-order valence-corrected chi connectivity index (χ3v) is 8.97. The molecule has 3 aromatic rings. The summed E-state index contributed by atoms with van der Waals surface area (Å²) < 4.78 is 80.7. The van der Waals surface area contributed by atoms with E-state index in [0.717, 1.165) is 43.1 Å². The number of carbonyl (C=O) groups excluding carboxylic acids is 2. The van der Waals surface area contributed by atoms with Gasteiger partial charge in [-0.15, -0.1) is 0 Å². The standard InChI is InChI=1S/C33H28F5N3O6S2/c34-25-5-2-21(33(36,37)38)17-24(25)19-1-6-27(47-14-11-40-9-12-46-13-10-40)20(15-19)16-28-30(43)41(32(48)49-28)8-7-29(42)39-22-3-4-23(31(44)45)26(35)18-22/h1-6,15-18H,7-14H2,(H,39,42)(H,44,45)/b28-16-. The first kappa shape index (κ1) is 35.9. The number of thioether (sulfide) groups is 1. The van der Waals surface area contributed by atoms with E-state index in [2.05, 4.69) is 10.2 Å². The van der Waals surface area contributed by atoms with E-state index < -0.39 is 46.7 Å². The summed E-state index contributed by atoms with van der Waals surface area (Å²) in [6, 6.07) is 9.58. The van der Waals surface area contributed by atoms with Crippen molar-refractivity contribution in [3.05, 3.63) is 87.8 Å². The molecule has 9 nitrogen and oxygen atoms in total. The number of anilines is 1. The lowest BCUT2D eigenvalue weighted by atomic mass is 9.99. The van der Waals surface area contributed by atoms with Gasteiger partial charge in [0.1, 0.15) is 28.3 Å². The summed E-state index contributed by atoms with van der Waals surface area (Å²) in [6.45, 7) is 3.29. The van der Waals surface area contributed by atoms with Crippen LogP contribution in [-0.2, 0) is 20.5 Å². The van der Waals surface area contributed by atoms with Gasteiger partial charge in [0, 0.05) is 49.4 Å². The Hall–Kier alpha value is -4.38. The minimum atomic E-state index is -4.69. The zero-order chi connectivity index (χ0) is 35.3. The van der Waals surface area contributed by atoms with Crippen molar-refractivity contribution in [3.8, 4) is 16.9 Å². The number of alkyl halides is 3. The van der Waals surface area contributed by atoms with Crippen molar-refractivity contribution in [3.63, 3.8) is 0 Å². The lowest BCUT2D eigenvalue weighted by Gasteiger charge is -2.26. The van der Waals surface area contributed by atoms with Gasteiger partial charge in [-0.2, -0.15) is 13.2 Å². The zero-order valence-electron chi connectivity index (χ0n) is 25.5. The second-order valence-corrected chi connectivity index (χ2v) is 12.6. The number of benzene rings is 3. The number of amides is 2. The minimum absolute atomic E-state index is 0.0241. The van der Waals surface area contributed by atoms with Crippen LogP contribution in [0, 0.1) is 11.6 Å². The monoisotopic (exact) mass is 721 g/mol. The number of thiocarbonyl (C=S) groups is 1. The smallest absolute Gasteiger partial charge is 0.416 e. The Bertz CT molecular complexity index is 1810. The molecule has 0 spiro atoms. The number of carboxylic acid groups (broad SMARTS) is 1.